The molecule has 1 fully saturated rings. The molecule has 156 valence electrons. The van der Waals surface area contributed by atoms with Crippen LogP contribution in [0.15, 0.2) is 35.5 Å². The molecule has 3 aromatic rings. The number of rotatable bonds is 7. The average molecular weight is 476 g/mol. The van der Waals surface area contributed by atoms with Crippen LogP contribution in [0, 0.1) is 0 Å². The van der Waals surface area contributed by atoms with Crippen molar-refractivity contribution in [3.8, 4) is 11.1 Å². The van der Waals surface area contributed by atoms with Gasteiger partial charge in [0.1, 0.15) is 11.3 Å². The van der Waals surface area contributed by atoms with Crippen LogP contribution in [0.5, 0.6) is 0 Å². The molecular formula is C22H31BrN4OSi. The van der Waals surface area contributed by atoms with Crippen LogP contribution in [0.25, 0.3) is 22.0 Å². The summed E-state index contributed by atoms with van der Waals surface area (Å²) >= 11 is 3.55. The molecule has 0 aliphatic heterocycles. The standard InChI is InChI=1S/C22H31BrN4OSi/c1-29(2,3)10-9-28-16-26-14-17(12-25-26)20-15-27(18-7-5-4-6-8-18)21-13-24-22(23)11-19(20)21/h11-15,18H,4-10,16H2,1-3H3. The van der Waals surface area contributed by atoms with E-state index >= 15 is 0 Å². The van der Waals surface area contributed by atoms with Crippen molar-refractivity contribution in [2.75, 3.05) is 6.61 Å². The molecule has 0 spiro atoms. The smallest absolute Gasteiger partial charge is 0.139 e. The van der Waals surface area contributed by atoms with Gasteiger partial charge in [0, 0.05) is 49.6 Å². The SMILES string of the molecule is C[Si](C)(C)CCOCn1cc(-c2cn(C3CCCCC3)c3cnc(Br)cc23)cn1. The Kier molecular flexibility index (Phi) is 6.27. The van der Waals surface area contributed by atoms with E-state index in [1.807, 2.05) is 17.1 Å². The zero-order chi connectivity index (χ0) is 20.4. The molecule has 0 amide bonds. The lowest BCUT2D eigenvalue weighted by Crippen LogP contribution is -2.22. The van der Waals surface area contributed by atoms with Gasteiger partial charge in [-0.3, -0.25) is 0 Å². The zero-order valence-corrected chi connectivity index (χ0v) is 20.3. The summed E-state index contributed by atoms with van der Waals surface area (Å²) in [6, 6.07) is 3.88. The summed E-state index contributed by atoms with van der Waals surface area (Å²) in [4.78, 5) is 4.50. The van der Waals surface area contributed by atoms with Gasteiger partial charge in [-0.1, -0.05) is 38.9 Å². The van der Waals surface area contributed by atoms with E-state index in [4.69, 9.17) is 4.74 Å². The van der Waals surface area contributed by atoms with Gasteiger partial charge in [0.2, 0.25) is 0 Å². The summed E-state index contributed by atoms with van der Waals surface area (Å²) in [6.07, 6.45) is 14.9. The van der Waals surface area contributed by atoms with Crippen molar-refractivity contribution >= 4 is 34.9 Å². The maximum atomic E-state index is 5.86. The Morgan fingerprint density at radius 1 is 1.14 bits per heavy atom. The van der Waals surface area contributed by atoms with Gasteiger partial charge < -0.3 is 9.30 Å². The van der Waals surface area contributed by atoms with E-state index in [1.54, 1.807) is 0 Å². The van der Waals surface area contributed by atoms with Crippen molar-refractivity contribution in [2.24, 2.45) is 0 Å². The zero-order valence-electron chi connectivity index (χ0n) is 17.7. The largest absolute Gasteiger partial charge is 0.360 e. The second kappa shape index (κ2) is 8.74. The third kappa shape index (κ3) is 5.01. The molecule has 0 N–H and O–H groups in total. The monoisotopic (exact) mass is 474 g/mol. The Balaban J connectivity index is 1.57. The van der Waals surface area contributed by atoms with E-state index in [-0.39, 0.29) is 0 Å². The quantitative estimate of drug-likeness (QED) is 0.223. The first-order valence-electron chi connectivity index (χ1n) is 10.7. The summed E-state index contributed by atoms with van der Waals surface area (Å²) in [5.41, 5.74) is 3.58. The van der Waals surface area contributed by atoms with Gasteiger partial charge in [0.15, 0.2) is 0 Å². The van der Waals surface area contributed by atoms with Crippen LogP contribution in [0.3, 0.4) is 0 Å². The molecular weight excluding hydrogens is 444 g/mol. The highest BCUT2D eigenvalue weighted by atomic mass is 79.9. The predicted molar refractivity (Wildman–Crippen MR) is 125 cm³/mol. The van der Waals surface area contributed by atoms with Crippen LogP contribution >= 0.6 is 15.9 Å². The third-order valence-electron chi connectivity index (χ3n) is 5.82. The molecule has 0 unspecified atom stereocenters. The number of aromatic nitrogens is 4. The highest BCUT2D eigenvalue weighted by molar-refractivity contribution is 9.10. The molecule has 0 radical (unpaired) electrons. The topological polar surface area (TPSA) is 44.9 Å². The van der Waals surface area contributed by atoms with Gasteiger partial charge in [-0.2, -0.15) is 5.10 Å². The number of fused-ring (bicyclic) bond motifs is 1. The number of ether oxygens (including phenoxy) is 1. The molecule has 0 atom stereocenters. The molecule has 4 rings (SSSR count). The Morgan fingerprint density at radius 2 is 1.93 bits per heavy atom. The normalized spacial score (nSPS) is 16.0. The molecule has 1 aliphatic carbocycles. The molecule has 0 saturated heterocycles. The van der Waals surface area contributed by atoms with E-state index < -0.39 is 8.07 Å². The summed E-state index contributed by atoms with van der Waals surface area (Å²) in [5.74, 6) is 0. The van der Waals surface area contributed by atoms with E-state index in [9.17, 15) is 0 Å². The molecule has 5 nitrogen and oxygen atoms in total. The highest BCUT2D eigenvalue weighted by Crippen LogP contribution is 2.37. The van der Waals surface area contributed by atoms with Crippen LogP contribution < -0.4 is 0 Å². The van der Waals surface area contributed by atoms with Gasteiger partial charge in [0.05, 0.1) is 17.9 Å². The van der Waals surface area contributed by atoms with Gasteiger partial charge in [-0.15, -0.1) is 0 Å². The van der Waals surface area contributed by atoms with Crippen LogP contribution in [-0.2, 0) is 11.5 Å². The van der Waals surface area contributed by atoms with Crippen LogP contribution in [-0.4, -0.2) is 34.0 Å². The lowest BCUT2D eigenvalue weighted by atomic mass is 9.95. The van der Waals surface area contributed by atoms with Crippen molar-refractivity contribution in [3.63, 3.8) is 0 Å². The summed E-state index contributed by atoms with van der Waals surface area (Å²) in [6.45, 7) is 8.44. The van der Waals surface area contributed by atoms with Crippen LogP contribution in [0.1, 0.15) is 38.1 Å². The lowest BCUT2D eigenvalue weighted by Gasteiger charge is -2.24. The minimum atomic E-state index is -1.06. The van der Waals surface area contributed by atoms with Crippen molar-refractivity contribution in [2.45, 2.75) is 70.6 Å². The average Bonchev–Trinajstić information content (AvgIpc) is 3.29. The summed E-state index contributed by atoms with van der Waals surface area (Å²) < 4.78 is 11.1. The number of hydrogen-bond acceptors (Lipinski definition) is 3. The minimum absolute atomic E-state index is 0.511. The molecule has 29 heavy (non-hydrogen) atoms. The molecule has 0 bridgehead atoms. The van der Waals surface area contributed by atoms with Crippen molar-refractivity contribution < 1.29 is 4.74 Å². The molecule has 1 aliphatic rings. The summed E-state index contributed by atoms with van der Waals surface area (Å²) in [7, 11) is -1.06. The van der Waals surface area contributed by atoms with Crippen molar-refractivity contribution in [1.29, 1.82) is 0 Å². The fraction of sp³-hybridized carbons (Fsp3) is 0.545. The lowest BCUT2D eigenvalue weighted by molar-refractivity contribution is 0.0786. The minimum Gasteiger partial charge on any atom is -0.360 e. The van der Waals surface area contributed by atoms with Gasteiger partial charge in [0.25, 0.3) is 0 Å². The number of halogens is 1. The van der Waals surface area contributed by atoms with E-state index in [0.717, 1.165) is 16.8 Å². The fourth-order valence-electron chi connectivity index (χ4n) is 4.12. The van der Waals surface area contributed by atoms with Crippen molar-refractivity contribution in [3.05, 3.63) is 35.5 Å². The Hall–Kier alpha value is -1.44. The summed E-state index contributed by atoms with van der Waals surface area (Å²) in [5, 5.41) is 5.78. The van der Waals surface area contributed by atoms with Gasteiger partial charge in [-0.05, 0) is 40.9 Å². The molecule has 1 saturated carbocycles. The molecule has 3 aromatic heterocycles. The molecule has 7 heteroatoms. The number of pyridine rings is 1. The maximum absolute atomic E-state index is 5.86. The molecule has 0 aromatic carbocycles. The highest BCUT2D eigenvalue weighted by Gasteiger charge is 2.20. The first-order chi connectivity index (χ1) is 13.9. The van der Waals surface area contributed by atoms with Gasteiger partial charge >= 0.3 is 0 Å². The maximum Gasteiger partial charge on any atom is 0.139 e. The van der Waals surface area contributed by atoms with E-state index in [1.165, 1.54) is 54.6 Å². The third-order valence-corrected chi connectivity index (χ3v) is 7.96. The fourth-order valence-corrected chi connectivity index (χ4v) is 5.21. The first-order valence-corrected chi connectivity index (χ1v) is 15.2. The van der Waals surface area contributed by atoms with Crippen LogP contribution in [0.4, 0.5) is 0 Å². The second-order valence-corrected chi connectivity index (χ2v) is 15.8. The Morgan fingerprint density at radius 3 is 2.69 bits per heavy atom. The second-order valence-electron chi connectivity index (χ2n) is 9.38. The molecule has 3 heterocycles. The number of hydrogen-bond donors (Lipinski definition) is 0. The number of nitrogens with zero attached hydrogens (tertiary/aromatic N) is 4. The Labute approximate surface area is 182 Å². The van der Waals surface area contributed by atoms with E-state index in [0.29, 0.717) is 12.8 Å². The Bertz CT molecular complexity index is 969. The van der Waals surface area contributed by atoms with Crippen molar-refractivity contribution in [1.82, 2.24) is 19.3 Å². The van der Waals surface area contributed by atoms with Crippen LogP contribution in [0.2, 0.25) is 25.7 Å². The predicted octanol–water partition coefficient (Wildman–Crippen LogP) is 6.48. The van der Waals surface area contributed by atoms with Gasteiger partial charge in [-0.25, -0.2) is 9.67 Å². The van der Waals surface area contributed by atoms with E-state index in [2.05, 4.69) is 68.7 Å². The first kappa shape index (κ1) is 20.8.